The molecule has 0 saturated heterocycles. The van der Waals surface area contributed by atoms with Gasteiger partial charge in [0.05, 0.1) is 5.52 Å². The van der Waals surface area contributed by atoms with E-state index in [2.05, 4.69) is 46.3 Å². The first-order valence-electron chi connectivity index (χ1n) is 9.97. The number of pyridine rings is 1. The van der Waals surface area contributed by atoms with Gasteiger partial charge in [0, 0.05) is 37.3 Å². The van der Waals surface area contributed by atoms with Crippen molar-refractivity contribution in [2.75, 3.05) is 18.0 Å². The van der Waals surface area contributed by atoms with E-state index in [4.69, 9.17) is 15.7 Å². The highest BCUT2D eigenvalue weighted by Gasteiger charge is 2.15. The molecule has 4 rings (SSSR count). The van der Waals surface area contributed by atoms with E-state index in [0.717, 1.165) is 47.6 Å². The second-order valence-electron chi connectivity index (χ2n) is 7.04. The molecule has 0 unspecified atom stereocenters. The maximum Gasteiger partial charge on any atom is 0.140 e. The standard InChI is InChI=1S/C24H25N5/c25-14-12-23-27-22-11-5-4-10-21(22)24(28-23)29(18-20-9-6-15-26-17-20)16-13-19-7-2-1-3-8-19/h1-11,15,17H,12-14,16,18,25H2. The van der Waals surface area contributed by atoms with Crippen LogP contribution in [0.4, 0.5) is 5.82 Å². The highest BCUT2D eigenvalue weighted by molar-refractivity contribution is 5.89. The largest absolute Gasteiger partial charge is 0.351 e. The Morgan fingerprint density at radius 1 is 0.793 bits per heavy atom. The van der Waals surface area contributed by atoms with Crippen LogP contribution in [0.1, 0.15) is 17.0 Å². The molecule has 5 nitrogen and oxygen atoms in total. The topological polar surface area (TPSA) is 67.9 Å². The molecule has 0 aliphatic heterocycles. The van der Waals surface area contributed by atoms with Crippen LogP contribution in [0.25, 0.3) is 10.9 Å². The molecule has 0 aliphatic rings. The van der Waals surface area contributed by atoms with E-state index in [9.17, 15) is 0 Å². The minimum Gasteiger partial charge on any atom is -0.351 e. The number of hydrogen-bond donors (Lipinski definition) is 1. The first-order chi connectivity index (χ1) is 14.3. The fraction of sp³-hybridized carbons (Fsp3) is 0.208. The summed E-state index contributed by atoms with van der Waals surface area (Å²) in [6, 6.07) is 22.8. The van der Waals surface area contributed by atoms with Crippen molar-refractivity contribution in [3.05, 3.63) is 96.1 Å². The van der Waals surface area contributed by atoms with Gasteiger partial charge in [0.15, 0.2) is 0 Å². The average molecular weight is 383 g/mol. The summed E-state index contributed by atoms with van der Waals surface area (Å²) in [6.07, 6.45) is 5.32. The van der Waals surface area contributed by atoms with Crippen LogP contribution in [0, 0.1) is 0 Å². The van der Waals surface area contributed by atoms with Crippen LogP contribution >= 0.6 is 0 Å². The minimum absolute atomic E-state index is 0.532. The molecule has 2 aromatic heterocycles. The fourth-order valence-corrected chi connectivity index (χ4v) is 3.47. The molecule has 0 fully saturated rings. The molecule has 2 aromatic carbocycles. The SMILES string of the molecule is NCCc1nc(N(CCc2ccccc2)Cc2cccnc2)c2ccccc2n1. The van der Waals surface area contributed by atoms with Gasteiger partial charge in [-0.1, -0.05) is 48.5 Å². The lowest BCUT2D eigenvalue weighted by atomic mass is 10.1. The molecule has 5 heteroatoms. The molecule has 2 heterocycles. The second kappa shape index (κ2) is 9.26. The van der Waals surface area contributed by atoms with Crippen LogP contribution in [-0.2, 0) is 19.4 Å². The molecule has 0 atom stereocenters. The van der Waals surface area contributed by atoms with Crippen LogP contribution in [0.15, 0.2) is 79.1 Å². The van der Waals surface area contributed by atoms with Crippen molar-refractivity contribution < 1.29 is 0 Å². The Bertz CT molecular complexity index is 1050. The van der Waals surface area contributed by atoms with Gasteiger partial charge < -0.3 is 10.6 Å². The Hall–Kier alpha value is -3.31. The van der Waals surface area contributed by atoms with Gasteiger partial charge in [-0.3, -0.25) is 4.98 Å². The lowest BCUT2D eigenvalue weighted by Crippen LogP contribution is -2.27. The zero-order valence-corrected chi connectivity index (χ0v) is 16.4. The minimum atomic E-state index is 0.532. The molecule has 4 aromatic rings. The number of rotatable bonds is 8. The summed E-state index contributed by atoms with van der Waals surface area (Å²) in [4.78, 5) is 16.2. The van der Waals surface area contributed by atoms with Crippen molar-refractivity contribution in [3.63, 3.8) is 0 Å². The number of benzene rings is 2. The van der Waals surface area contributed by atoms with E-state index < -0.39 is 0 Å². The second-order valence-corrected chi connectivity index (χ2v) is 7.04. The van der Waals surface area contributed by atoms with Crippen molar-refractivity contribution in [1.29, 1.82) is 0 Å². The Morgan fingerprint density at radius 2 is 1.59 bits per heavy atom. The molecule has 0 aliphatic carbocycles. The van der Waals surface area contributed by atoms with Crippen LogP contribution in [0.3, 0.4) is 0 Å². The Morgan fingerprint density at radius 3 is 2.38 bits per heavy atom. The highest BCUT2D eigenvalue weighted by atomic mass is 15.2. The monoisotopic (exact) mass is 383 g/mol. The molecule has 29 heavy (non-hydrogen) atoms. The summed E-state index contributed by atoms with van der Waals surface area (Å²) in [5.74, 6) is 1.75. The van der Waals surface area contributed by atoms with E-state index in [1.54, 1.807) is 6.20 Å². The van der Waals surface area contributed by atoms with Crippen molar-refractivity contribution >= 4 is 16.7 Å². The summed E-state index contributed by atoms with van der Waals surface area (Å²) in [5, 5.41) is 1.06. The van der Waals surface area contributed by atoms with Gasteiger partial charge in [0.1, 0.15) is 11.6 Å². The average Bonchev–Trinajstić information content (AvgIpc) is 2.78. The third-order valence-corrected chi connectivity index (χ3v) is 4.91. The van der Waals surface area contributed by atoms with Crippen LogP contribution < -0.4 is 10.6 Å². The van der Waals surface area contributed by atoms with Crippen molar-refractivity contribution in [2.45, 2.75) is 19.4 Å². The third kappa shape index (κ3) is 4.76. The molecule has 146 valence electrons. The maximum absolute atomic E-state index is 5.79. The normalized spacial score (nSPS) is 10.9. The van der Waals surface area contributed by atoms with Gasteiger partial charge >= 0.3 is 0 Å². The van der Waals surface area contributed by atoms with Crippen molar-refractivity contribution in [1.82, 2.24) is 15.0 Å². The van der Waals surface area contributed by atoms with E-state index in [1.165, 1.54) is 5.56 Å². The summed E-state index contributed by atoms with van der Waals surface area (Å²) >= 11 is 0. The van der Waals surface area contributed by atoms with Crippen LogP contribution in [0.5, 0.6) is 0 Å². The van der Waals surface area contributed by atoms with Crippen LogP contribution in [-0.4, -0.2) is 28.0 Å². The number of para-hydroxylation sites is 1. The molecule has 0 amide bonds. The summed E-state index contributed by atoms with van der Waals surface area (Å²) < 4.78 is 0. The predicted octanol–water partition coefficient (Wildman–Crippen LogP) is 3.78. The number of aromatic nitrogens is 3. The first kappa shape index (κ1) is 19.0. The van der Waals surface area contributed by atoms with Crippen molar-refractivity contribution in [3.8, 4) is 0 Å². The Kier molecular flexibility index (Phi) is 6.07. The zero-order chi connectivity index (χ0) is 19.9. The van der Waals surface area contributed by atoms with Gasteiger partial charge in [-0.05, 0) is 42.3 Å². The van der Waals surface area contributed by atoms with Crippen molar-refractivity contribution in [2.24, 2.45) is 5.73 Å². The first-order valence-corrected chi connectivity index (χ1v) is 9.97. The predicted molar refractivity (Wildman–Crippen MR) is 118 cm³/mol. The van der Waals surface area contributed by atoms with Gasteiger partial charge in [-0.2, -0.15) is 0 Å². The van der Waals surface area contributed by atoms with Gasteiger partial charge in [0.25, 0.3) is 0 Å². The molecular weight excluding hydrogens is 358 g/mol. The molecule has 0 spiro atoms. The number of hydrogen-bond acceptors (Lipinski definition) is 5. The van der Waals surface area contributed by atoms with E-state index >= 15 is 0 Å². The quantitative estimate of drug-likeness (QED) is 0.502. The molecule has 0 saturated carbocycles. The number of anilines is 1. The number of nitrogens with zero attached hydrogens (tertiary/aromatic N) is 4. The van der Waals surface area contributed by atoms with E-state index in [-0.39, 0.29) is 0 Å². The molecule has 0 radical (unpaired) electrons. The Labute approximate surface area is 171 Å². The van der Waals surface area contributed by atoms with Gasteiger partial charge in [0.2, 0.25) is 0 Å². The number of nitrogens with two attached hydrogens (primary N) is 1. The Balaban J connectivity index is 1.73. The van der Waals surface area contributed by atoms with Crippen LogP contribution in [0.2, 0.25) is 0 Å². The maximum atomic E-state index is 5.79. The fourth-order valence-electron chi connectivity index (χ4n) is 3.47. The zero-order valence-electron chi connectivity index (χ0n) is 16.4. The molecular formula is C24H25N5. The smallest absolute Gasteiger partial charge is 0.140 e. The van der Waals surface area contributed by atoms with E-state index in [1.807, 2.05) is 36.5 Å². The van der Waals surface area contributed by atoms with E-state index in [0.29, 0.717) is 13.0 Å². The van der Waals surface area contributed by atoms with Gasteiger partial charge in [-0.25, -0.2) is 9.97 Å². The molecule has 2 N–H and O–H groups in total. The lowest BCUT2D eigenvalue weighted by molar-refractivity contribution is 0.759. The summed E-state index contributed by atoms with van der Waals surface area (Å²) in [5.41, 5.74) is 9.21. The molecule has 0 bridgehead atoms. The van der Waals surface area contributed by atoms with Gasteiger partial charge in [-0.15, -0.1) is 0 Å². The summed E-state index contributed by atoms with van der Waals surface area (Å²) in [6.45, 7) is 2.12. The lowest BCUT2D eigenvalue weighted by Gasteiger charge is -2.25. The number of fused-ring (bicyclic) bond motifs is 1. The highest BCUT2D eigenvalue weighted by Crippen LogP contribution is 2.26. The third-order valence-electron chi connectivity index (χ3n) is 4.91. The summed E-state index contributed by atoms with van der Waals surface area (Å²) in [7, 11) is 0.